The molecule has 3 rings (SSSR count). The Morgan fingerprint density at radius 3 is 2.73 bits per heavy atom. The van der Waals surface area contributed by atoms with Crippen LogP contribution >= 0.6 is 0 Å². The summed E-state index contributed by atoms with van der Waals surface area (Å²) in [6, 6.07) is 3.95. The fraction of sp³-hybridized carbons (Fsp3) is 0.474. The summed E-state index contributed by atoms with van der Waals surface area (Å²) in [4.78, 5) is 21.6. The molecule has 1 unspecified atom stereocenters. The average molecular weight is 362 g/mol. The second kappa shape index (κ2) is 7.85. The van der Waals surface area contributed by atoms with Gasteiger partial charge in [0.15, 0.2) is 11.6 Å². The Kier molecular flexibility index (Phi) is 5.54. The van der Waals surface area contributed by atoms with Gasteiger partial charge < -0.3 is 15.2 Å². The summed E-state index contributed by atoms with van der Waals surface area (Å²) in [6.45, 7) is 5.38. The van der Waals surface area contributed by atoms with E-state index in [4.69, 9.17) is 0 Å². The van der Waals surface area contributed by atoms with E-state index in [0.717, 1.165) is 37.2 Å². The molecule has 2 heterocycles. The molecule has 0 spiro atoms. The number of H-pyrrole nitrogens is 1. The molecule has 1 aromatic carbocycles. The highest BCUT2D eigenvalue weighted by Crippen LogP contribution is 2.28. The number of carbonyl (C=O) groups excluding carboxylic acids is 1. The predicted octanol–water partition coefficient (Wildman–Crippen LogP) is 4.04. The van der Waals surface area contributed by atoms with E-state index in [-0.39, 0.29) is 18.0 Å². The first-order valence-corrected chi connectivity index (χ1v) is 9.03. The molecule has 1 saturated heterocycles. The van der Waals surface area contributed by atoms with Crippen molar-refractivity contribution in [2.45, 2.75) is 45.1 Å². The van der Waals surface area contributed by atoms with E-state index in [1.807, 2.05) is 18.7 Å². The van der Waals surface area contributed by atoms with Crippen LogP contribution in [0.2, 0.25) is 0 Å². The van der Waals surface area contributed by atoms with Gasteiger partial charge in [-0.25, -0.2) is 18.6 Å². The minimum absolute atomic E-state index is 0.0141. The fourth-order valence-electron chi connectivity index (χ4n) is 3.11. The van der Waals surface area contributed by atoms with Gasteiger partial charge in [-0.15, -0.1) is 0 Å². The van der Waals surface area contributed by atoms with E-state index in [1.54, 1.807) is 6.20 Å². The number of benzene rings is 1. The van der Waals surface area contributed by atoms with E-state index in [1.165, 1.54) is 6.07 Å². The summed E-state index contributed by atoms with van der Waals surface area (Å²) >= 11 is 0. The number of hydrogen-bond acceptors (Lipinski definition) is 2. The molecule has 1 aromatic heterocycles. The normalized spacial score (nSPS) is 16.5. The molecule has 0 bridgehead atoms. The number of aromatic nitrogens is 2. The summed E-state index contributed by atoms with van der Waals surface area (Å²) in [5.41, 5.74) is 1.23. The number of halogens is 2. The second-order valence-electron chi connectivity index (χ2n) is 6.83. The molecule has 1 fully saturated rings. The van der Waals surface area contributed by atoms with E-state index >= 15 is 0 Å². The summed E-state index contributed by atoms with van der Waals surface area (Å²) in [7, 11) is 0. The third-order valence-electron chi connectivity index (χ3n) is 4.98. The van der Waals surface area contributed by atoms with Crippen molar-refractivity contribution in [1.82, 2.24) is 20.2 Å². The number of rotatable bonds is 4. The highest BCUT2D eigenvalue weighted by molar-refractivity contribution is 5.74. The summed E-state index contributed by atoms with van der Waals surface area (Å²) in [6.07, 6.45) is 4.18. The van der Waals surface area contributed by atoms with Crippen LogP contribution in [-0.4, -0.2) is 40.0 Å². The van der Waals surface area contributed by atoms with Crippen LogP contribution in [0.1, 0.15) is 44.9 Å². The van der Waals surface area contributed by atoms with Gasteiger partial charge in [-0.3, -0.25) is 0 Å². The van der Waals surface area contributed by atoms with Gasteiger partial charge in [0, 0.05) is 30.6 Å². The van der Waals surface area contributed by atoms with Crippen molar-refractivity contribution < 1.29 is 13.6 Å². The summed E-state index contributed by atoms with van der Waals surface area (Å²) in [5.74, 6) is -0.691. The molecule has 1 aliphatic rings. The quantitative estimate of drug-likeness (QED) is 0.862. The smallest absolute Gasteiger partial charge is 0.317 e. The third kappa shape index (κ3) is 4.03. The molecule has 2 amide bonds. The number of amides is 2. The SMILES string of the molecule is CCC(C)NC(=O)N1CCC(c2ncc(-c3ccc(F)c(F)c3)[nH]2)CC1. The Morgan fingerprint density at radius 2 is 2.08 bits per heavy atom. The Bertz CT molecular complexity index is 769. The van der Waals surface area contributed by atoms with Crippen LogP contribution < -0.4 is 5.32 Å². The van der Waals surface area contributed by atoms with Crippen LogP contribution in [0.25, 0.3) is 11.3 Å². The predicted molar refractivity (Wildman–Crippen MR) is 95.8 cm³/mol. The molecule has 7 heteroatoms. The maximum atomic E-state index is 13.4. The monoisotopic (exact) mass is 362 g/mol. The first kappa shape index (κ1) is 18.4. The Labute approximate surface area is 151 Å². The highest BCUT2D eigenvalue weighted by atomic mass is 19.2. The Morgan fingerprint density at radius 1 is 1.35 bits per heavy atom. The zero-order valence-corrected chi connectivity index (χ0v) is 15.1. The first-order valence-electron chi connectivity index (χ1n) is 9.03. The number of nitrogens with one attached hydrogen (secondary N) is 2. The lowest BCUT2D eigenvalue weighted by Gasteiger charge is -2.32. The van der Waals surface area contributed by atoms with Gasteiger partial charge in [0.2, 0.25) is 0 Å². The van der Waals surface area contributed by atoms with Crippen molar-refractivity contribution in [1.29, 1.82) is 0 Å². The van der Waals surface area contributed by atoms with Crippen molar-refractivity contribution in [2.75, 3.05) is 13.1 Å². The van der Waals surface area contributed by atoms with Crippen LogP contribution in [0.3, 0.4) is 0 Å². The van der Waals surface area contributed by atoms with Crippen LogP contribution in [0.5, 0.6) is 0 Å². The number of aromatic amines is 1. The van der Waals surface area contributed by atoms with Crippen molar-refractivity contribution in [3.05, 3.63) is 41.9 Å². The zero-order chi connectivity index (χ0) is 18.7. The minimum Gasteiger partial charge on any atom is -0.342 e. The molecule has 2 N–H and O–H groups in total. The Hall–Kier alpha value is -2.44. The topological polar surface area (TPSA) is 61.0 Å². The molecule has 5 nitrogen and oxygen atoms in total. The highest BCUT2D eigenvalue weighted by Gasteiger charge is 2.26. The second-order valence-corrected chi connectivity index (χ2v) is 6.83. The van der Waals surface area contributed by atoms with Crippen LogP contribution in [0.15, 0.2) is 24.4 Å². The van der Waals surface area contributed by atoms with Gasteiger partial charge in [-0.1, -0.05) is 6.92 Å². The summed E-state index contributed by atoms with van der Waals surface area (Å²) < 4.78 is 26.5. The maximum absolute atomic E-state index is 13.4. The van der Waals surface area contributed by atoms with Crippen molar-refractivity contribution in [3.8, 4) is 11.3 Å². The standard InChI is InChI=1S/C19H24F2N4O/c1-3-12(2)23-19(26)25-8-6-13(7-9-25)18-22-11-17(24-18)14-4-5-15(20)16(21)10-14/h4-5,10-13H,3,6-9H2,1-2H3,(H,22,24)(H,23,26). The molecule has 0 radical (unpaired) electrons. The van der Waals surface area contributed by atoms with E-state index < -0.39 is 11.6 Å². The lowest BCUT2D eigenvalue weighted by molar-refractivity contribution is 0.177. The fourth-order valence-corrected chi connectivity index (χ4v) is 3.11. The number of nitrogens with zero attached hydrogens (tertiary/aromatic N) is 2. The third-order valence-corrected chi connectivity index (χ3v) is 4.98. The number of carbonyl (C=O) groups is 1. The number of hydrogen-bond donors (Lipinski definition) is 2. The largest absolute Gasteiger partial charge is 0.342 e. The molecular formula is C19H24F2N4O. The minimum atomic E-state index is -0.876. The first-order chi connectivity index (χ1) is 12.5. The Balaban J connectivity index is 1.61. The van der Waals surface area contributed by atoms with Crippen LogP contribution in [-0.2, 0) is 0 Å². The number of likely N-dealkylation sites (tertiary alicyclic amines) is 1. The lowest BCUT2D eigenvalue weighted by atomic mass is 9.96. The molecule has 26 heavy (non-hydrogen) atoms. The van der Waals surface area contributed by atoms with Crippen molar-refractivity contribution >= 4 is 6.03 Å². The van der Waals surface area contributed by atoms with Gasteiger partial charge in [-0.05, 0) is 44.4 Å². The number of piperidine rings is 1. The maximum Gasteiger partial charge on any atom is 0.317 e. The van der Waals surface area contributed by atoms with Gasteiger partial charge >= 0.3 is 6.03 Å². The van der Waals surface area contributed by atoms with Crippen molar-refractivity contribution in [3.63, 3.8) is 0 Å². The number of urea groups is 1. The van der Waals surface area contributed by atoms with Crippen molar-refractivity contribution in [2.24, 2.45) is 0 Å². The van der Waals surface area contributed by atoms with E-state index in [2.05, 4.69) is 15.3 Å². The molecule has 0 aliphatic carbocycles. The molecular weight excluding hydrogens is 338 g/mol. The summed E-state index contributed by atoms with van der Waals surface area (Å²) in [5, 5.41) is 2.99. The zero-order valence-electron chi connectivity index (χ0n) is 15.1. The van der Waals surface area contributed by atoms with E-state index in [9.17, 15) is 13.6 Å². The molecule has 1 aliphatic heterocycles. The molecule has 140 valence electrons. The van der Waals surface area contributed by atoms with Gasteiger partial charge in [-0.2, -0.15) is 0 Å². The average Bonchev–Trinajstić information content (AvgIpc) is 3.14. The van der Waals surface area contributed by atoms with Gasteiger partial charge in [0.1, 0.15) is 5.82 Å². The molecule has 0 saturated carbocycles. The molecule has 1 atom stereocenters. The molecule has 2 aromatic rings. The van der Waals surface area contributed by atoms with E-state index in [0.29, 0.717) is 24.3 Å². The van der Waals surface area contributed by atoms with Gasteiger partial charge in [0.05, 0.1) is 11.9 Å². The van der Waals surface area contributed by atoms with Gasteiger partial charge in [0.25, 0.3) is 0 Å². The van der Waals surface area contributed by atoms with Crippen LogP contribution in [0.4, 0.5) is 13.6 Å². The van der Waals surface area contributed by atoms with Crippen LogP contribution in [0, 0.1) is 11.6 Å². The number of imidazole rings is 1. The lowest BCUT2D eigenvalue weighted by Crippen LogP contribution is -2.46.